The molecule has 1 fully saturated rings. The van der Waals surface area contributed by atoms with Crippen LogP contribution in [0.2, 0.25) is 0 Å². The minimum atomic E-state index is -1.04. The summed E-state index contributed by atoms with van der Waals surface area (Å²) in [6.45, 7) is 1.41. The first-order valence-electron chi connectivity index (χ1n) is 5.81. The van der Waals surface area contributed by atoms with Crippen LogP contribution in [0, 0.1) is 5.92 Å². The first kappa shape index (κ1) is 12.3. The van der Waals surface area contributed by atoms with Crippen molar-refractivity contribution in [3.05, 3.63) is 24.0 Å². The molecule has 2 heterocycles. The number of piperidine rings is 1. The second-order valence-electron chi connectivity index (χ2n) is 4.37. The maximum Gasteiger partial charge on any atom is 0.354 e. The van der Waals surface area contributed by atoms with E-state index in [-0.39, 0.29) is 17.5 Å². The lowest BCUT2D eigenvalue weighted by atomic mass is 9.96. The Morgan fingerprint density at radius 2 is 2.06 bits per heavy atom. The molecule has 1 aromatic rings. The predicted octanol–water partition coefficient (Wildman–Crippen LogP) is 0.481. The van der Waals surface area contributed by atoms with Gasteiger partial charge in [-0.3, -0.25) is 4.79 Å². The van der Waals surface area contributed by atoms with E-state index in [9.17, 15) is 9.59 Å². The van der Waals surface area contributed by atoms with Crippen LogP contribution >= 0.6 is 0 Å². The average molecular weight is 249 g/mol. The molecule has 1 aliphatic rings. The van der Waals surface area contributed by atoms with E-state index in [2.05, 4.69) is 4.98 Å². The molecule has 0 unspecified atom stereocenters. The Bertz CT molecular complexity index is 467. The number of anilines is 1. The largest absolute Gasteiger partial charge is 0.477 e. The number of carboxylic acids is 1. The highest BCUT2D eigenvalue weighted by Crippen LogP contribution is 2.23. The summed E-state index contributed by atoms with van der Waals surface area (Å²) >= 11 is 0. The molecule has 0 saturated carbocycles. The number of pyridine rings is 1. The highest BCUT2D eigenvalue weighted by molar-refractivity contribution is 5.86. The van der Waals surface area contributed by atoms with Crippen LogP contribution in [0.4, 0.5) is 5.69 Å². The second-order valence-corrected chi connectivity index (χ2v) is 4.37. The molecule has 6 heteroatoms. The second kappa shape index (κ2) is 5.03. The van der Waals surface area contributed by atoms with Gasteiger partial charge in [0.2, 0.25) is 5.91 Å². The average Bonchev–Trinajstić information content (AvgIpc) is 2.39. The molecule has 0 aromatic carbocycles. The van der Waals surface area contributed by atoms with E-state index in [0.29, 0.717) is 25.9 Å². The van der Waals surface area contributed by atoms with Crippen LogP contribution in [0.3, 0.4) is 0 Å². The van der Waals surface area contributed by atoms with Crippen LogP contribution < -0.4 is 10.6 Å². The Kier molecular flexibility index (Phi) is 3.45. The quantitative estimate of drug-likeness (QED) is 0.812. The number of hydrogen-bond acceptors (Lipinski definition) is 4. The molecule has 1 aliphatic heterocycles. The highest BCUT2D eigenvalue weighted by Gasteiger charge is 2.23. The molecule has 1 amide bonds. The standard InChI is InChI=1S/C12H15N3O3/c13-11(16)8-2-5-15(6-3-8)9-1-4-14-10(7-9)12(17)18/h1,4,7-8H,2-3,5-6H2,(H2,13,16)(H,17,18). The Labute approximate surface area is 104 Å². The van der Waals surface area contributed by atoms with E-state index in [4.69, 9.17) is 10.8 Å². The normalized spacial score (nSPS) is 16.6. The van der Waals surface area contributed by atoms with Gasteiger partial charge in [0.25, 0.3) is 0 Å². The molecule has 18 heavy (non-hydrogen) atoms. The SMILES string of the molecule is NC(=O)C1CCN(c2ccnc(C(=O)O)c2)CC1. The minimum Gasteiger partial charge on any atom is -0.477 e. The van der Waals surface area contributed by atoms with Crippen LogP contribution in [-0.2, 0) is 4.79 Å². The molecule has 96 valence electrons. The lowest BCUT2D eigenvalue weighted by molar-refractivity contribution is -0.122. The molecular formula is C12H15N3O3. The summed E-state index contributed by atoms with van der Waals surface area (Å²) in [6, 6.07) is 3.32. The number of primary amides is 1. The van der Waals surface area contributed by atoms with E-state index in [1.54, 1.807) is 12.1 Å². The summed E-state index contributed by atoms with van der Waals surface area (Å²) in [7, 11) is 0. The molecule has 1 saturated heterocycles. The lowest BCUT2D eigenvalue weighted by Crippen LogP contribution is -2.38. The van der Waals surface area contributed by atoms with Crippen LogP contribution in [0.5, 0.6) is 0 Å². The summed E-state index contributed by atoms with van der Waals surface area (Å²) < 4.78 is 0. The van der Waals surface area contributed by atoms with Crippen molar-refractivity contribution in [2.45, 2.75) is 12.8 Å². The third-order valence-electron chi connectivity index (χ3n) is 3.23. The van der Waals surface area contributed by atoms with Crippen LogP contribution in [0.15, 0.2) is 18.3 Å². The minimum absolute atomic E-state index is 0.0320. The Morgan fingerprint density at radius 3 is 2.61 bits per heavy atom. The fraction of sp³-hybridized carbons (Fsp3) is 0.417. The van der Waals surface area contributed by atoms with Crippen molar-refractivity contribution in [1.82, 2.24) is 4.98 Å². The van der Waals surface area contributed by atoms with E-state index < -0.39 is 5.97 Å². The number of nitrogens with two attached hydrogens (primary N) is 1. The number of carbonyl (C=O) groups excluding carboxylic acids is 1. The Morgan fingerprint density at radius 1 is 1.39 bits per heavy atom. The number of rotatable bonds is 3. The molecule has 1 aromatic heterocycles. The van der Waals surface area contributed by atoms with Gasteiger partial charge in [0.15, 0.2) is 0 Å². The molecular weight excluding hydrogens is 234 g/mol. The molecule has 0 spiro atoms. The maximum absolute atomic E-state index is 11.1. The van der Waals surface area contributed by atoms with E-state index >= 15 is 0 Å². The van der Waals surface area contributed by atoms with Gasteiger partial charge in [-0.25, -0.2) is 9.78 Å². The van der Waals surface area contributed by atoms with Crippen molar-refractivity contribution in [1.29, 1.82) is 0 Å². The van der Waals surface area contributed by atoms with Crippen molar-refractivity contribution in [3.63, 3.8) is 0 Å². The van der Waals surface area contributed by atoms with Crippen molar-refractivity contribution >= 4 is 17.6 Å². The Hall–Kier alpha value is -2.11. The van der Waals surface area contributed by atoms with Gasteiger partial charge >= 0.3 is 5.97 Å². The van der Waals surface area contributed by atoms with Crippen LogP contribution in [0.25, 0.3) is 0 Å². The van der Waals surface area contributed by atoms with Gasteiger partial charge in [-0.2, -0.15) is 0 Å². The number of nitrogens with zero attached hydrogens (tertiary/aromatic N) is 2. The van der Waals surface area contributed by atoms with Gasteiger partial charge < -0.3 is 15.7 Å². The fourth-order valence-electron chi connectivity index (χ4n) is 2.16. The number of carboxylic acid groups (broad SMARTS) is 1. The summed E-state index contributed by atoms with van der Waals surface area (Å²) in [5.74, 6) is -1.36. The number of amides is 1. The highest BCUT2D eigenvalue weighted by atomic mass is 16.4. The lowest BCUT2D eigenvalue weighted by Gasteiger charge is -2.32. The number of carbonyl (C=O) groups is 2. The van der Waals surface area contributed by atoms with Crippen molar-refractivity contribution in [2.75, 3.05) is 18.0 Å². The molecule has 0 bridgehead atoms. The molecule has 0 aliphatic carbocycles. The number of aromatic carboxylic acids is 1. The monoisotopic (exact) mass is 249 g/mol. The van der Waals surface area contributed by atoms with Crippen LogP contribution in [-0.4, -0.2) is 35.1 Å². The third kappa shape index (κ3) is 2.58. The maximum atomic E-state index is 11.1. The van der Waals surface area contributed by atoms with Gasteiger partial charge in [-0.05, 0) is 25.0 Å². The molecule has 6 nitrogen and oxygen atoms in total. The van der Waals surface area contributed by atoms with Gasteiger partial charge in [0, 0.05) is 30.9 Å². The summed E-state index contributed by atoms with van der Waals surface area (Å²) in [4.78, 5) is 27.7. The van der Waals surface area contributed by atoms with E-state index in [1.807, 2.05) is 4.90 Å². The first-order valence-corrected chi connectivity index (χ1v) is 5.81. The summed E-state index contributed by atoms with van der Waals surface area (Å²) in [5.41, 5.74) is 6.13. The van der Waals surface area contributed by atoms with Crippen LogP contribution in [0.1, 0.15) is 23.3 Å². The van der Waals surface area contributed by atoms with Gasteiger partial charge in [0.05, 0.1) is 0 Å². The van der Waals surface area contributed by atoms with E-state index in [0.717, 1.165) is 5.69 Å². The fourth-order valence-corrected chi connectivity index (χ4v) is 2.16. The van der Waals surface area contributed by atoms with Gasteiger partial charge in [-0.15, -0.1) is 0 Å². The smallest absolute Gasteiger partial charge is 0.354 e. The molecule has 3 N–H and O–H groups in total. The van der Waals surface area contributed by atoms with Gasteiger partial charge in [-0.1, -0.05) is 0 Å². The van der Waals surface area contributed by atoms with Crippen molar-refractivity contribution in [3.8, 4) is 0 Å². The number of hydrogen-bond donors (Lipinski definition) is 2. The van der Waals surface area contributed by atoms with Crippen molar-refractivity contribution in [2.24, 2.45) is 11.7 Å². The van der Waals surface area contributed by atoms with E-state index in [1.165, 1.54) is 6.20 Å². The zero-order valence-corrected chi connectivity index (χ0v) is 9.87. The molecule has 0 atom stereocenters. The summed E-state index contributed by atoms with van der Waals surface area (Å²) in [6.07, 6.45) is 2.90. The summed E-state index contributed by atoms with van der Waals surface area (Å²) in [5, 5.41) is 8.88. The Balaban J connectivity index is 2.07. The van der Waals surface area contributed by atoms with Gasteiger partial charge in [0.1, 0.15) is 5.69 Å². The zero-order chi connectivity index (χ0) is 13.1. The predicted molar refractivity (Wildman–Crippen MR) is 65.3 cm³/mol. The third-order valence-corrected chi connectivity index (χ3v) is 3.23. The topological polar surface area (TPSA) is 96.5 Å². The molecule has 0 radical (unpaired) electrons. The van der Waals surface area contributed by atoms with Crippen molar-refractivity contribution < 1.29 is 14.7 Å². The number of aromatic nitrogens is 1. The molecule has 2 rings (SSSR count). The first-order chi connectivity index (χ1) is 8.58. The zero-order valence-electron chi connectivity index (χ0n) is 9.87.